The smallest absolute Gasteiger partial charge is 0.456 e. The summed E-state index contributed by atoms with van der Waals surface area (Å²) in [5, 5.41) is 3.04. The maximum atomic E-state index is 13.5. The molecule has 3 unspecified atom stereocenters. The van der Waals surface area contributed by atoms with Crippen LogP contribution in [0.25, 0.3) is 0 Å². The second kappa shape index (κ2) is 54.1. The molecule has 0 saturated carbocycles. The first-order valence-corrected chi connectivity index (χ1v) is 32.6. The van der Waals surface area contributed by atoms with Crippen molar-refractivity contribution in [2.75, 3.05) is 40.9 Å². The average molecular weight is 1060 g/mol. The molecule has 0 aromatic carbocycles. The first kappa shape index (κ1) is 71.7. The Balaban J connectivity index is 5.19. The third-order valence-electron chi connectivity index (χ3n) is 13.7. The second-order valence-electron chi connectivity index (χ2n) is 22.2. The quantitative estimate of drug-likeness (QED) is 0.0205. The first-order valence-electron chi connectivity index (χ1n) is 31.1. The molecule has 0 aliphatic rings. The van der Waals surface area contributed by atoms with Crippen LogP contribution in [0.15, 0.2) is 60.8 Å². The van der Waals surface area contributed by atoms with E-state index in [-0.39, 0.29) is 25.5 Å². The number of hydrogen-bond donors (Lipinski definition) is 2. The third kappa shape index (κ3) is 54.5. The van der Waals surface area contributed by atoms with Crippen LogP contribution in [-0.2, 0) is 27.9 Å². The van der Waals surface area contributed by atoms with Crippen LogP contribution in [0.3, 0.4) is 0 Å². The number of esters is 1. The van der Waals surface area contributed by atoms with Gasteiger partial charge >= 0.3 is 13.8 Å². The molecule has 0 fully saturated rings. The fraction of sp³-hybridized carbons (Fsp3) is 0.812. The number of quaternary nitrogens is 1. The summed E-state index contributed by atoms with van der Waals surface area (Å²) in [5.41, 5.74) is 0. The lowest BCUT2D eigenvalue weighted by atomic mass is 10.0. The largest absolute Gasteiger partial charge is 0.472 e. The summed E-state index contributed by atoms with van der Waals surface area (Å²) in [6.07, 6.45) is 68.1. The van der Waals surface area contributed by atoms with Crippen molar-refractivity contribution in [2.45, 2.75) is 296 Å². The van der Waals surface area contributed by atoms with Crippen molar-refractivity contribution in [3.63, 3.8) is 0 Å². The molecule has 0 aromatic rings. The Morgan fingerprint density at radius 2 is 0.838 bits per heavy atom. The van der Waals surface area contributed by atoms with Gasteiger partial charge in [0.2, 0.25) is 5.91 Å². The molecule has 2 N–H and O–H groups in total. The lowest BCUT2D eigenvalue weighted by Gasteiger charge is -2.27. The highest BCUT2D eigenvalue weighted by Crippen LogP contribution is 2.43. The van der Waals surface area contributed by atoms with E-state index in [0.717, 1.165) is 57.8 Å². The molecule has 10 heteroatoms. The van der Waals surface area contributed by atoms with Gasteiger partial charge in [0.25, 0.3) is 0 Å². The number of hydrogen-bond acceptors (Lipinski definition) is 6. The topological polar surface area (TPSA) is 111 Å². The molecule has 0 aliphatic carbocycles. The minimum absolute atomic E-state index is 0.0322. The number of allylic oxidation sites excluding steroid dienone is 9. The third-order valence-corrected chi connectivity index (χ3v) is 14.7. The SMILES string of the molecule is CCCCC/C=C\C/C=C\CCCCCCCCCCCCCCCC(=O)NC(COP(=O)(O)OCC[N+](C)(C)C)C(/C=C\CCCCCCCCCCCC)OC(=O)CC/C=C/C/C=C\CCCCCCCC. The standard InChI is InChI=1S/C64H119N2O7P/c1-7-10-13-16-19-22-25-28-29-30-31-32-33-34-35-36-37-39-41-44-47-50-53-56-63(67)65-61(60-72-74(69,70)71-59-58-66(4,5)6)62(55-52-49-46-43-40-27-24-21-18-15-12-9-3)73-64(68)57-54-51-48-45-42-38-26-23-20-17-14-11-8-2/h19,22,28-29,38,42,48,51-52,55,61-62H,7-18,20-21,23-27,30-37,39-41,43-47,49-50,53-54,56-60H2,1-6H3,(H-,65,67,69,70)/p+1/b22-19-,29-28-,42-38-,51-48+,55-52-. The number of rotatable bonds is 56. The Morgan fingerprint density at radius 3 is 1.27 bits per heavy atom. The maximum absolute atomic E-state index is 13.5. The van der Waals surface area contributed by atoms with Crippen molar-refractivity contribution in [3.8, 4) is 0 Å². The number of phosphoric acid groups is 1. The van der Waals surface area contributed by atoms with Crippen LogP contribution in [0.2, 0.25) is 0 Å². The number of ether oxygens (including phenoxy) is 1. The monoisotopic (exact) mass is 1060 g/mol. The highest BCUT2D eigenvalue weighted by Gasteiger charge is 2.30. The Kier molecular flexibility index (Phi) is 52.4. The number of amides is 1. The van der Waals surface area contributed by atoms with Gasteiger partial charge in [-0.3, -0.25) is 18.6 Å². The molecule has 74 heavy (non-hydrogen) atoms. The van der Waals surface area contributed by atoms with Gasteiger partial charge in [0.05, 0.1) is 33.8 Å². The zero-order valence-electron chi connectivity index (χ0n) is 49.3. The molecule has 0 spiro atoms. The molecule has 9 nitrogen and oxygen atoms in total. The van der Waals surface area contributed by atoms with Crippen LogP contribution >= 0.6 is 7.82 Å². The molecule has 1 amide bonds. The van der Waals surface area contributed by atoms with E-state index in [2.05, 4.69) is 68.6 Å². The molecular weight excluding hydrogens is 940 g/mol. The molecule has 0 rings (SSSR count). The fourth-order valence-electron chi connectivity index (χ4n) is 8.85. The summed E-state index contributed by atoms with van der Waals surface area (Å²) in [7, 11) is 1.47. The van der Waals surface area contributed by atoms with E-state index in [1.807, 2.05) is 39.4 Å². The van der Waals surface area contributed by atoms with Crippen LogP contribution in [0.4, 0.5) is 0 Å². The summed E-state index contributed by atoms with van der Waals surface area (Å²) < 4.78 is 30.6. The summed E-state index contributed by atoms with van der Waals surface area (Å²) in [6.45, 7) is 6.95. The van der Waals surface area contributed by atoms with Crippen LogP contribution in [0.1, 0.15) is 284 Å². The van der Waals surface area contributed by atoms with Gasteiger partial charge in [-0.15, -0.1) is 0 Å². The van der Waals surface area contributed by atoms with Gasteiger partial charge in [0.15, 0.2) is 0 Å². The summed E-state index contributed by atoms with van der Waals surface area (Å²) in [5.74, 6) is -0.579. The fourth-order valence-corrected chi connectivity index (χ4v) is 9.58. The van der Waals surface area contributed by atoms with Gasteiger partial charge in [0, 0.05) is 12.8 Å². The normalized spacial score (nSPS) is 14.1. The number of likely N-dealkylation sites (N-methyl/N-ethyl adjacent to an activating group) is 1. The van der Waals surface area contributed by atoms with Gasteiger partial charge in [-0.1, -0.05) is 249 Å². The summed E-state index contributed by atoms with van der Waals surface area (Å²) in [4.78, 5) is 37.6. The molecule has 0 saturated heterocycles. The van der Waals surface area contributed by atoms with E-state index in [9.17, 15) is 19.0 Å². The van der Waals surface area contributed by atoms with E-state index >= 15 is 0 Å². The predicted molar refractivity (Wildman–Crippen MR) is 318 cm³/mol. The van der Waals surface area contributed by atoms with Gasteiger partial charge in [0.1, 0.15) is 19.3 Å². The van der Waals surface area contributed by atoms with Crippen molar-refractivity contribution in [2.24, 2.45) is 0 Å². The minimum Gasteiger partial charge on any atom is -0.456 e. The van der Waals surface area contributed by atoms with E-state index in [1.54, 1.807) is 0 Å². The molecule has 432 valence electrons. The van der Waals surface area contributed by atoms with E-state index in [4.69, 9.17) is 13.8 Å². The highest BCUT2D eigenvalue weighted by molar-refractivity contribution is 7.47. The zero-order valence-corrected chi connectivity index (χ0v) is 50.2. The first-order chi connectivity index (χ1) is 35.9. The average Bonchev–Trinajstić information content (AvgIpc) is 3.36. The zero-order chi connectivity index (χ0) is 54.3. The van der Waals surface area contributed by atoms with Crippen LogP contribution < -0.4 is 5.32 Å². The van der Waals surface area contributed by atoms with Crippen molar-refractivity contribution >= 4 is 19.7 Å². The van der Waals surface area contributed by atoms with Crippen LogP contribution in [0, 0.1) is 0 Å². The maximum Gasteiger partial charge on any atom is 0.472 e. The van der Waals surface area contributed by atoms with Gasteiger partial charge < -0.3 is 19.4 Å². The van der Waals surface area contributed by atoms with Crippen LogP contribution in [0.5, 0.6) is 0 Å². The van der Waals surface area contributed by atoms with Crippen molar-refractivity contribution in [1.82, 2.24) is 5.32 Å². The Hall–Kier alpha value is -2.29. The van der Waals surface area contributed by atoms with E-state index < -0.39 is 25.9 Å². The number of phosphoric ester groups is 1. The van der Waals surface area contributed by atoms with E-state index in [0.29, 0.717) is 23.9 Å². The molecule has 0 aromatic heterocycles. The van der Waals surface area contributed by atoms with E-state index in [1.165, 1.54) is 186 Å². The van der Waals surface area contributed by atoms with Crippen LogP contribution in [-0.4, -0.2) is 74.3 Å². The lowest BCUT2D eigenvalue weighted by Crippen LogP contribution is -2.47. The molecule has 0 bridgehead atoms. The molecular formula is C64H120N2O7P+. The summed E-state index contributed by atoms with van der Waals surface area (Å²) >= 11 is 0. The van der Waals surface area contributed by atoms with Crippen molar-refractivity contribution in [1.29, 1.82) is 0 Å². The summed E-state index contributed by atoms with van der Waals surface area (Å²) in [6, 6.07) is -0.871. The predicted octanol–water partition coefficient (Wildman–Crippen LogP) is 19.1. The van der Waals surface area contributed by atoms with Gasteiger partial charge in [-0.05, 0) is 83.1 Å². The van der Waals surface area contributed by atoms with Gasteiger partial charge in [-0.2, -0.15) is 0 Å². The molecule has 0 radical (unpaired) electrons. The Labute approximate surface area is 458 Å². The Bertz CT molecular complexity index is 1450. The molecule has 0 heterocycles. The van der Waals surface area contributed by atoms with Crippen molar-refractivity contribution < 1.29 is 37.3 Å². The van der Waals surface area contributed by atoms with Crippen molar-refractivity contribution in [3.05, 3.63) is 60.8 Å². The second-order valence-corrected chi connectivity index (χ2v) is 23.7. The number of nitrogens with zero attached hydrogens (tertiary/aromatic N) is 1. The molecule has 0 aliphatic heterocycles. The number of unbranched alkanes of at least 4 members (excludes halogenated alkanes) is 32. The lowest BCUT2D eigenvalue weighted by molar-refractivity contribution is -0.870. The molecule has 3 atom stereocenters. The minimum atomic E-state index is -4.46. The number of carbonyl (C=O) groups is 2. The number of nitrogens with one attached hydrogen (secondary N) is 1. The highest BCUT2D eigenvalue weighted by atomic mass is 31.2. The van der Waals surface area contributed by atoms with Gasteiger partial charge in [-0.25, -0.2) is 4.57 Å². The Morgan fingerprint density at radius 1 is 0.473 bits per heavy atom. The number of carbonyl (C=O) groups excluding carboxylic acids is 2.